The summed E-state index contributed by atoms with van der Waals surface area (Å²) in [6.45, 7) is 0.603. The maximum Gasteiger partial charge on any atom is 0.221 e. The third-order valence-electron chi connectivity index (χ3n) is 3.07. The molecular weight excluding hydrogens is 268 g/mol. The zero-order chi connectivity index (χ0) is 15.2. The smallest absolute Gasteiger partial charge is 0.221 e. The van der Waals surface area contributed by atoms with Gasteiger partial charge in [-0.05, 0) is 35.4 Å². The lowest BCUT2D eigenvalue weighted by molar-refractivity contribution is -0.117. The molecule has 0 saturated carbocycles. The Morgan fingerprint density at radius 3 is 2.48 bits per heavy atom. The first-order valence-electron chi connectivity index (χ1n) is 6.55. The highest BCUT2D eigenvalue weighted by Crippen LogP contribution is 2.26. The predicted octanol–water partition coefficient (Wildman–Crippen LogP) is 2.04. The molecule has 0 radical (unpaired) electrons. The summed E-state index contributed by atoms with van der Waals surface area (Å²) in [5.74, 6) is 0.232. The van der Waals surface area contributed by atoms with Crippen molar-refractivity contribution in [3.05, 3.63) is 53.6 Å². The lowest BCUT2D eigenvalue weighted by Crippen LogP contribution is -2.13. The lowest BCUT2D eigenvalue weighted by Gasteiger charge is -2.09. The summed E-state index contributed by atoms with van der Waals surface area (Å²) >= 11 is 0. The quantitative estimate of drug-likeness (QED) is 0.758. The summed E-state index contributed by atoms with van der Waals surface area (Å²) in [7, 11) is 1.52. The third kappa shape index (κ3) is 4.14. The second kappa shape index (κ2) is 6.65. The average Bonchev–Trinajstić information content (AvgIpc) is 2.47. The molecule has 0 aliphatic heterocycles. The van der Waals surface area contributed by atoms with E-state index in [9.17, 15) is 9.90 Å². The molecule has 21 heavy (non-hydrogen) atoms. The summed E-state index contributed by atoms with van der Waals surface area (Å²) in [5, 5.41) is 12.8. The van der Waals surface area contributed by atoms with E-state index in [4.69, 9.17) is 10.5 Å². The molecular formula is C16H18N2O3. The molecule has 0 aliphatic carbocycles. The summed E-state index contributed by atoms with van der Waals surface area (Å²) < 4.78 is 5.07. The Bertz CT molecular complexity index is 624. The standard InChI is InChI=1S/C16H18N2O3/c1-21-15-8-12(4-7-14(15)19)10-18-13-5-2-11(3-6-13)9-16(17)20/h2-8,18-19H,9-10H2,1H3,(H2,17,20). The first-order valence-corrected chi connectivity index (χ1v) is 6.55. The first-order chi connectivity index (χ1) is 10.1. The van der Waals surface area contributed by atoms with Crippen molar-refractivity contribution >= 4 is 11.6 Å². The van der Waals surface area contributed by atoms with Gasteiger partial charge in [0, 0.05) is 12.2 Å². The van der Waals surface area contributed by atoms with Crippen molar-refractivity contribution in [3.63, 3.8) is 0 Å². The number of ether oxygens (including phenoxy) is 1. The number of anilines is 1. The van der Waals surface area contributed by atoms with Crippen LogP contribution >= 0.6 is 0 Å². The van der Waals surface area contributed by atoms with E-state index in [1.165, 1.54) is 7.11 Å². The number of phenolic OH excluding ortho intramolecular Hbond substituents is 1. The van der Waals surface area contributed by atoms with Crippen LogP contribution in [0.4, 0.5) is 5.69 Å². The number of nitrogens with one attached hydrogen (secondary N) is 1. The van der Waals surface area contributed by atoms with Crippen LogP contribution in [0.3, 0.4) is 0 Å². The second-order valence-corrected chi connectivity index (χ2v) is 4.70. The molecule has 0 unspecified atom stereocenters. The molecule has 2 aromatic carbocycles. The molecule has 0 bridgehead atoms. The van der Waals surface area contributed by atoms with E-state index in [1.54, 1.807) is 12.1 Å². The van der Waals surface area contributed by atoms with Crippen molar-refractivity contribution in [2.24, 2.45) is 5.73 Å². The van der Waals surface area contributed by atoms with Crippen molar-refractivity contribution in [2.45, 2.75) is 13.0 Å². The first kappa shape index (κ1) is 14.7. The molecule has 0 fully saturated rings. The third-order valence-corrected chi connectivity index (χ3v) is 3.07. The normalized spacial score (nSPS) is 10.1. The van der Waals surface area contributed by atoms with Crippen LogP contribution in [0.15, 0.2) is 42.5 Å². The number of carbonyl (C=O) groups excluding carboxylic acids is 1. The monoisotopic (exact) mass is 286 g/mol. The van der Waals surface area contributed by atoms with Crippen molar-refractivity contribution in [2.75, 3.05) is 12.4 Å². The van der Waals surface area contributed by atoms with E-state index >= 15 is 0 Å². The Balaban J connectivity index is 1.98. The maximum absolute atomic E-state index is 10.8. The van der Waals surface area contributed by atoms with Gasteiger partial charge in [-0.1, -0.05) is 18.2 Å². The maximum atomic E-state index is 10.8. The molecule has 2 rings (SSSR count). The van der Waals surface area contributed by atoms with Crippen LogP contribution in [0.5, 0.6) is 11.5 Å². The molecule has 0 spiro atoms. The molecule has 2 aromatic rings. The number of hydrogen-bond donors (Lipinski definition) is 3. The van der Waals surface area contributed by atoms with E-state index in [1.807, 2.05) is 30.3 Å². The summed E-state index contributed by atoms with van der Waals surface area (Å²) in [4.78, 5) is 10.8. The summed E-state index contributed by atoms with van der Waals surface area (Å²) in [6, 6.07) is 12.7. The van der Waals surface area contributed by atoms with Crippen LogP contribution in [0, 0.1) is 0 Å². The molecule has 5 heteroatoms. The van der Waals surface area contributed by atoms with Crippen molar-refractivity contribution < 1.29 is 14.6 Å². The van der Waals surface area contributed by atoms with Gasteiger partial charge in [0.25, 0.3) is 0 Å². The molecule has 0 aliphatic rings. The molecule has 0 atom stereocenters. The van der Waals surface area contributed by atoms with Gasteiger partial charge in [0.2, 0.25) is 5.91 Å². The fourth-order valence-electron chi connectivity index (χ4n) is 1.98. The number of hydrogen-bond acceptors (Lipinski definition) is 4. The molecule has 110 valence electrons. The van der Waals surface area contributed by atoms with E-state index in [0.717, 1.165) is 16.8 Å². The minimum Gasteiger partial charge on any atom is -0.504 e. The van der Waals surface area contributed by atoms with Crippen LogP contribution in [0.25, 0.3) is 0 Å². The van der Waals surface area contributed by atoms with E-state index < -0.39 is 0 Å². The largest absolute Gasteiger partial charge is 0.504 e. The molecule has 0 aromatic heterocycles. The van der Waals surface area contributed by atoms with Crippen LogP contribution in [-0.4, -0.2) is 18.1 Å². The Labute approximate surface area is 123 Å². The number of amides is 1. The minimum atomic E-state index is -0.341. The Hall–Kier alpha value is -2.69. The van der Waals surface area contributed by atoms with Gasteiger partial charge in [-0.15, -0.1) is 0 Å². The van der Waals surface area contributed by atoms with Gasteiger partial charge in [-0.3, -0.25) is 4.79 Å². The fourth-order valence-corrected chi connectivity index (χ4v) is 1.98. The zero-order valence-electron chi connectivity index (χ0n) is 11.8. The van der Waals surface area contributed by atoms with Gasteiger partial charge in [0.1, 0.15) is 0 Å². The summed E-state index contributed by atoms with van der Waals surface area (Å²) in [5.41, 5.74) is 7.97. The van der Waals surface area contributed by atoms with Crippen LogP contribution < -0.4 is 15.8 Å². The van der Waals surface area contributed by atoms with Crippen molar-refractivity contribution in [3.8, 4) is 11.5 Å². The highest BCUT2D eigenvalue weighted by Gasteiger charge is 2.03. The number of methoxy groups -OCH3 is 1. The summed E-state index contributed by atoms with van der Waals surface area (Å²) in [6.07, 6.45) is 0.245. The number of rotatable bonds is 6. The van der Waals surface area contributed by atoms with E-state index in [2.05, 4.69) is 5.32 Å². The number of benzene rings is 2. The van der Waals surface area contributed by atoms with Crippen LogP contribution in [0.1, 0.15) is 11.1 Å². The van der Waals surface area contributed by atoms with Crippen LogP contribution in [0.2, 0.25) is 0 Å². The number of phenols is 1. The zero-order valence-corrected chi connectivity index (χ0v) is 11.8. The predicted molar refractivity (Wildman–Crippen MR) is 81.3 cm³/mol. The van der Waals surface area contributed by atoms with Gasteiger partial charge >= 0.3 is 0 Å². The number of carbonyl (C=O) groups is 1. The second-order valence-electron chi connectivity index (χ2n) is 4.70. The Kier molecular flexibility index (Phi) is 4.66. The van der Waals surface area contributed by atoms with E-state index in [0.29, 0.717) is 12.3 Å². The fraction of sp³-hybridized carbons (Fsp3) is 0.188. The number of nitrogens with two attached hydrogens (primary N) is 1. The lowest BCUT2D eigenvalue weighted by atomic mass is 10.1. The topological polar surface area (TPSA) is 84.6 Å². The van der Waals surface area contributed by atoms with Gasteiger partial charge in [-0.2, -0.15) is 0 Å². The van der Waals surface area contributed by atoms with Gasteiger partial charge < -0.3 is 20.9 Å². The van der Waals surface area contributed by atoms with Crippen molar-refractivity contribution in [1.82, 2.24) is 0 Å². The van der Waals surface area contributed by atoms with Gasteiger partial charge in [-0.25, -0.2) is 0 Å². The average molecular weight is 286 g/mol. The molecule has 4 N–H and O–H groups in total. The van der Waals surface area contributed by atoms with Crippen LogP contribution in [-0.2, 0) is 17.8 Å². The van der Waals surface area contributed by atoms with Gasteiger partial charge in [0.05, 0.1) is 13.5 Å². The molecule has 0 heterocycles. The minimum absolute atomic E-state index is 0.122. The Morgan fingerprint density at radius 1 is 1.19 bits per heavy atom. The number of primary amides is 1. The molecule has 0 saturated heterocycles. The highest BCUT2D eigenvalue weighted by atomic mass is 16.5. The van der Waals surface area contributed by atoms with Crippen molar-refractivity contribution in [1.29, 1.82) is 0 Å². The molecule has 1 amide bonds. The van der Waals surface area contributed by atoms with E-state index in [-0.39, 0.29) is 18.1 Å². The SMILES string of the molecule is COc1cc(CNc2ccc(CC(N)=O)cc2)ccc1O. The molecule has 5 nitrogen and oxygen atoms in total. The number of aromatic hydroxyl groups is 1. The Morgan fingerprint density at radius 2 is 1.86 bits per heavy atom. The van der Waals surface area contributed by atoms with Gasteiger partial charge in [0.15, 0.2) is 11.5 Å². The highest BCUT2D eigenvalue weighted by molar-refractivity contribution is 5.76.